The SMILES string of the molecule is CC[C@H](C)[C@H](NC(=O)[C@H](CC(C)C)NC(=O)[C@@H](CCC(=O)O)NC(=O)[C@H](CC(=O)O)NC(=O)CCC(=O)O)C(=O)N[C@@H](CC1CCCCC1)C(=O)N[C@H](CS)C(=O)O. The Balaban J connectivity index is 3.36. The Morgan fingerprint density at radius 2 is 1.10 bits per heavy atom. The van der Waals surface area contributed by atoms with Gasteiger partial charge in [-0.15, -0.1) is 0 Å². The average molecular weight is 845 g/mol. The van der Waals surface area contributed by atoms with E-state index >= 15 is 0 Å². The largest absolute Gasteiger partial charge is 0.481 e. The van der Waals surface area contributed by atoms with Crippen molar-refractivity contribution in [1.29, 1.82) is 0 Å². The third-order valence-electron chi connectivity index (χ3n) is 9.73. The summed E-state index contributed by atoms with van der Waals surface area (Å²) in [6, 6.07) is -8.48. The van der Waals surface area contributed by atoms with Crippen molar-refractivity contribution in [2.45, 2.75) is 147 Å². The van der Waals surface area contributed by atoms with Gasteiger partial charge in [-0.2, -0.15) is 12.6 Å². The molecule has 58 heavy (non-hydrogen) atoms. The maximum Gasteiger partial charge on any atom is 0.327 e. The molecule has 6 amide bonds. The number of rotatable bonds is 27. The molecule has 0 bridgehead atoms. The van der Waals surface area contributed by atoms with Gasteiger partial charge in [-0.1, -0.05) is 66.2 Å². The zero-order valence-electron chi connectivity index (χ0n) is 33.4. The zero-order valence-corrected chi connectivity index (χ0v) is 34.3. The maximum atomic E-state index is 13.9. The Morgan fingerprint density at radius 1 is 0.586 bits per heavy atom. The van der Waals surface area contributed by atoms with Gasteiger partial charge < -0.3 is 52.3 Å². The van der Waals surface area contributed by atoms with E-state index in [-0.39, 0.29) is 30.4 Å². The van der Waals surface area contributed by atoms with Crippen LogP contribution in [0.25, 0.3) is 0 Å². The van der Waals surface area contributed by atoms with E-state index in [1.54, 1.807) is 27.7 Å². The van der Waals surface area contributed by atoms with E-state index in [9.17, 15) is 63.3 Å². The number of amides is 6. The molecular formula is C37H60N6O14S. The van der Waals surface area contributed by atoms with Gasteiger partial charge in [-0.25, -0.2) is 4.79 Å². The second kappa shape index (κ2) is 26.1. The molecule has 1 aliphatic carbocycles. The quantitative estimate of drug-likeness (QED) is 0.0492. The molecular weight excluding hydrogens is 785 g/mol. The first kappa shape index (κ1) is 51.1. The van der Waals surface area contributed by atoms with Gasteiger partial charge in [0.05, 0.1) is 12.8 Å². The molecule has 0 aromatic heterocycles. The van der Waals surface area contributed by atoms with Gasteiger partial charge in [0.25, 0.3) is 0 Å². The van der Waals surface area contributed by atoms with E-state index in [0.29, 0.717) is 6.42 Å². The van der Waals surface area contributed by atoms with Crippen LogP contribution in [-0.2, 0) is 47.9 Å². The van der Waals surface area contributed by atoms with Crippen molar-refractivity contribution in [2.24, 2.45) is 17.8 Å². The Bertz CT molecular complexity index is 1470. The summed E-state index contributed by atoms with van der Waals surface area (Å²) >= 11 is 4.01. The minimum Gasteiger partial charge on any atom is -0.481 e. The standard InChI is InChI=1S/C37H60N6O14S/c1-5-20(4)31(36(55)41-24(16-21-9-7-6-8-10-21)33(52)42-26(18-58)37(56)57)43-35(54)23(15-19(2)3)40-32(51)22(11-13-28(45)46)39-34(53)25(17-30(49)50)38-27(44)12-14-29(47)48/h19-26,31,58H,5-18H2,1-4H3,(H,38,44)(H,39,53)(H,40,51)(H,41,55)(H,42,52)(H,43,54)(H,45,46)(H,47,48)(H,49,50)(H,56,57)/t20-,22+,23-,24-,25-,26+,31-/m0/s1. The lowest BCUT2D eigenvalue weighted by atomic mass is 9.84. The van der Waals surface area contributed by atoms with Crippen molar-refractivity contribution in [2.75, 3.05) is 5.75 Å². The normalized spacial score (nSPS) is 16.5. The van der Waals surface area contributed by atoms with Gasteiger partial charge in [0.1, 0.15) is 36.3 Å². The Morgan fingerprint density at radius 3 is 1.62 bits per heavy atom. The molecule has 20 nitrogen and oxygen atoms in total. The maximum absolute atomic E-state index is 13.9. The van der Waals surface area contributed by atoms with Crippen molar-refractivity contribution in [3.63, 3.8) is 0 Å². The number of carboxylic acid groups (broad SMARTS) is 4. The molecule has 1 rings (SSSR count). The van der Waals surface area contributed by atoms with Gasteiger partial charge >= 0.3 is 23.9 Å². The molecule has 0 aromatic carbocycles. The summed E-state index contributed by atoms with van der Waals surface area (Å²) in [4.78, 5) is 126. The number of thiol groups is 1. The molecule has 0 spiro atoms. The van der Waals surface area contributed by atoms with Crippen LogP contribution in [0.15, 0.2) is 0 Å². The van der Waals surface area contributed by atoms with Crippen LogP contribution >= 0.6 is 12.6 Å². The fourth-order valence-corrected chi connectivity index (χ4v) is 6.57. The lowest BCUT2D eigenvalue weighted by molar-refractivity contribution is -0.142. The highest BCUT2D eigenvalue weighted by molar-refractivity contribution is 7.80. The van der Waals surface area contributed by atoms with E-state index in [1.807, 2.05) is 0 Å². The summed E-state index contributed by atoms with van der Waals surface area (Å²) in [7, 11) is 0. The van der Waals surface area contributed by atoms with E-state index in [2.05, 4.69) is 44.5 Å². The lowest BCUT2D eigenvalue weighted by Gasteiger charge is -2.31. The molecule has 10 N–H and O–H groups in total. The number of carboxylic acids is 4. The summed E-state index contributed by atoms with van der Waals surface area (Å²) in [5, 5.41) is 51.7. The first-order valence-electron chi connectivity index (χ1n) is 19.5. The second-order valence-corrected chi connectivity index (χ2v) is 15.4. The minimum atomic E-state index is -1.78. The van der Waals surface area contributed by atoms with Crippen LogP contribution in [-0.4, -0.2) is 122 Å². The Hall–Kier alpha value is -4.95. The first-order valence-corrected chi connectivity index (χ1v) is 20.1. The minimum absolute atomic E-state index is 0.000302. The van der Waals surface area contributed by atoms with Crippen LogP contribution in [0, 0.1) is 17.8 Å². The monoisotopic (exact) mass is 844 g/mol. The van der Waals surface area contributed by atoms with Crippen molar-refractivity contribution in [1.82, 2.24) is 31.9 Å². The van der Waals surface area contributed by atoms with Crippen molar-refractivity contribution < 1.29 is 68.4 Å². The highest BCUT2D eigenvalue weighted by Gasteiger charge is 2.36. The van der Waals surface area contributed by atoms with Crippen LogP contribution in [0.1, 0.15) is 111 Å². The van der Waals surface area contributed by atoms with Crippen LogP contribution < -0.4 is 31.9 Å². The molecule has 0 aliphatic heterocycles. The number of hydrogen-bond donors (Lipinski definition) is 11. The van der Waals surface area contributed by atoms with Crippen LogP contribution in [0.2, 0.25) is 0 Å². The molecule has 1 aliphatic rings. The van der Waals surface area contributed by atoms with E-state index in [1.165, 1.54) is 0 Å². The number of nitrogens with one attached hydrogen (secondary N) is 6. The number of aliphatic carboxylic acids is 4. The number of carbonyl (C=O) groups is 10. The Labute approximate surface area is 342 Å². The summed E-state index contributed by atoms with van der Waals surface area (Å²) in [5.41, 5.74) is 0. The van der Waals surface area contributed by atoms with E-state index in [0.717, 1.165) is 32.1 Å². The molecule has 0 aromatic rings. The highest BCUT2D eigenvalue weighted by atomic mass is 32.1. The van der Waals surface area contributed by atoms with E-state index < -0.39 is 134 Å². The molecule has 0 unspecified atom stereocenters. The van der Waals surface area contributed by atoms with Crippen LogP contribution in [0.4, 0.5) is 0 Å². The fourth-order valence-electron chi connectivity index (χ4n) is 6.32. The van der Waals surface area contributed by atoms with Gasteiger partial charge in [-0.3, -0.25) is 43.2 Å². The lowest BCUT2D eigenvalue weighted by Crippen LogP contribution is -2.61. The topological polar surface area (TPSA) is 324 Å². The molecule has 1 fully saturated rings. The van der Waals surface area contributed by atoms with Crippen molar-refractivity contribution >= 4 is 71.9 Å². The van der Waals surface area contributed by atoms with Crippen LogP contribution in [0.3, 0.4) is 0 Å². The third kappa shape index (κ3) is 19.5. The molecule has 1 saturated carbocycles. The average Bonchev–Trinajstić information content (AvgIpc) is 3.14. The number of hydrogen-bond acceptors (Lipinski definition) is 11. The molecule has 328 valence electrons. The fraction of sp³-hybridized carbons (Fsp3) is 0.730. The second-order valence-electron chi connectivity index (χ2n) is 15.1. The van der Waals surface area contributed by atoms with Crippen molar-refractivity contribution in [3.05, 3.63) is 0 Å². The summed E-state index contributed by atoms with van der Waals surface area (Å²) in [5.74, 6) is -11.8. The van der Waals surface area contributed by atoms with Crippen LogP contribution in [0.5, 0.6) is 0 Å². The molecule has 0 saturated heterocycles. The van der Waals surface area contributed by atoms with Gasteiger partial charge in [0.2, 0.25) is 35.4 Å². The predicted octanol–water partition coefficient (Wildman–Crippen LogP) is 0.177. The number of carbonyl (C=O) groups excluding carboxylic acids is 6. The zero-order chi connectivity index (χ0) is 44.1. The van der Waals surface area contributed by atoms with Crippen molar-refractivity contribution in [3.8, 4) is 0 Å². The summed E-state index contributed by atoms with van der Waals surface area (Å²) < 4.78 is 0. The third-order valence-corrected chi connectivity index (χ3v) is 10.1. The van der Waals surface area contributed by atoms with Gasteiger partial charge in [0, 0.05) is 18.6 Å². The molecule has 7 atom stereocenters. The Kier molecular flexibility index (Phi) is 23.0. The van der Waals surface area contributed by atoms with E-state index in [4.69, 9.17) is 5.11 Å². The molecule has 0 heterocycles. The molecule has 21 heteroatoms. The summed E-state index contributed by atoms with van der Waals surface area (Å²) in [6.07, 6.45) is 1.80. The summed E-state index contributed by atoms with van der Waals surface area (Å²) in [6.45, 7) is 6.93. The predicted molar refractivity (Wildman–Crippen MR) is 209 cm³/mol. The highest BCUT2D eigenvalue weighted by Crippen LogP contribution is 2.27. The molecule has 0 radical (unpaired) electrons. The van der Waals surface area contributed by atoms with Gasteiger partial charge in [0.15, 0.2) is 0 Å². The first-order chi connectivity index (χ1) is 27.2. The van der Waals surface area contributed by atoms with Gasteiger partial charge in [-0.05, 0) is 37.0 Å². The smallest absolute Gasteiger partial charge is 0.327 e.